The van der Waals surface area contributed by atoms with Crippen LogP contribution in [0.3, 0.4) is 0 Å². The van der Waals surface area contributed by atoms with Gasteiger partial charge in [-0.2, -0.15) is 0 Å². The molecule has 5 heavy (non-hydrogen) atoms. The standard InChI is InChI=1S/C5H11/c1-3-5-4-2/h1,3-5H2,2H3/i1T2,3T. The van der Waals surface area contributed by atoms with Gasteiger partial charge in [0.15, 0.2) is 0 Å². The van der Waals surface area contributed by atoms with Crippen LogP contribution in [-0.4, -0.2) is 0 Å². The highest BCUT2D eigenvalue weighted by Gasteiger charge is 1.68. The van der Waals surface area contributed by atoms with Crippen LogP contribution in [0.2, 0.25) is 0 Å². The van der Waals surface area contributed by atoms with Gasteiger partial charge in [-0.3, -0.25) is 0 Å². The Balaban J connectivity index is 3.17. The van der Waals surface area contributed by atoms with Gasteiger partial charge in [-0.05, 0) is 0 Å². The second-order valence-corrected chi connectivity index (χ2v) is 0.993. The molecule has 0 heterocycles. The van der Waals surface area contributed by atoms with Crippen LogP contribution in [-0.2, 0) is 0 Å². The third kappa shape index (κ3) is 4.00. The molecule has 0 aliphatic carbocycles. The first-order valence-corrected chi connectivity index (χ1v) is 1.90. The summed E-state index contributed by atoms with van der Waals surface area (Å²) in [6, 6.07) is 0. The Morgan fingerprint density at radius 3 is 3.20 bits per heavy atom. The minimum absolute atomic E-state index is 0.271. The second-order valence-electron chi connectivity index (χ2n) is 0.993. The van der Waals surface area contributed by atoms with E-state index in [2.05, 4.69) is 0 Å². The number of rotatable bonds is 3. The summed E-state index contributed by atoms with van der Waals surface area (Å²) in [4.78, 5) is 0. The summed E-state index contributed by atoms with van der Waals surface area (Å²) in [5, 5.41) is 0. The summed E-state index contributed by atoms with van der Waals surface area (Å²) in [6.45, 7) is 1.68. The van der Waals surface area contributed by atoms with E-state index in [1.165, 1.54) is 0 Å². The topological polar surface area (TPSA) is 0 Å². The van der Waals surface area contributed by atoms with E-state index in [9.17, 15) is 0 Å². The molecule has 0 saturated carbocycles. The quantitative estimate of drug-likeness (QED) is 0.483. The minimum atomic E-state index is -0.583. The molecular formula is C5H11. The summed E-state index contributed by atoms with van der Waals surface area (Å²) in [5.41, 5.74) is 0. The first-order chi connectivity index (χ1) is 3.68. The van der Waals surface area contributed by atoms with E-state index >= 15 is 0 Å². The largest absolute Gasteiger partial charge is 0.0654 e. The average Bonchev–Trinajstić information content (AvgIpc) is 1.67. The summed E-state index contributed by atoms with van der Waals surface area (Å²) >= 11 is 0. The molecule has 0 heteroatoms. The molecule has 0 bridgehead atoms. The van der Waals surface area contributed by atoms with E-state index in [4.69, 9.17) is 4.11 Å². The molecule has 0 aliphatic heterocycles. The Bertz CT molecular complexity index is 53.6. The van der Waals surface area contributed by atoms with E-state index in [1.54, 1.807) is 0 Å². The predicted molar refractivity (Wildman–Crippen MR) is 24.9 cm³/mol. The van der Waals surface area contributed by atoms with Crippen LogP contribution in [0.4, 0.5) is 0 Å². The van der Waals surface area contributed by atoms with Gasteiger partial charge in [0.1, 0.15) is 0 Å². The van der Waals surface area contributed by atoms with Crippen molar-refractivity contribution in [3.05, 3.63) is 6.88 Å². The molecule has 1 unspecified atom stereocenters. The molecular weight excluding hydrogens is 60.1 g/mol. The van der Waals surface area contributed by atoms with Crippen LogP contribution >= 0.6 is 0 Å². The van der Waals surface area contributed by atoms with Gasteiger partial charge in [0.05, 0.1) is 0 Å². The third-order valence-corrected chi connectivity index (χ3v) is 0.433. The Kier molecular flexibility index (Phi) is 1.31. The van der Waals surface area contributed by atoms with Crippen molar-refractivity contribution in [3.8, 4) is 0 Å². The normalized spacial score (nSPS) is 24.0. The lowest BCUT2D eigenvalue weighted by Gasteiger charge is -1.79. The Morgan fingerprint density at radius 1 is 2.20 bits per heavy atom. The highest BCUT2D eigenvalue weighted by atomic mass is 13.7. The van der Waals surface area contributed by atoms with Gasteiger partial charge in [-0.15, -0.1) is 0 Å². The highest BCUT2D eigenvalue weighted by molar-refractivity contribution is 4.35. The van der Waals surface area contributed by atoms with Crippen LogP contribution in [0.15, 0.2) is 0 Å². The van der Waals surface area contributed by atoms with Gasteiger partial charge in [0.2, 0.25) is 0 Å². The van der Waals surface area contributed by atoms with Gasteiger partial charge < -0.3 is 0 Å². The molecule has 0 spiro atoms. The summed E-state index contributed by atoms with van der Waals surface area (Å²) < 4.78 is 20.4. The van der Waals surface area contributed by atoms with Crippen molar-refractivity contribution >= 4 is 0 Å². The second kappa shape index (κ2) is 4.00. The van der Waals surface area contributed by atoms with E-state index in [0.29, 0.717) is 6.42 Å². The fraction of sp³-hybridized carbons (Fsp3) is 0.800. The summed E-state index contributed by atoms with van der Waals surface area (Å²) in [6.07, 6.45) is 0.942. The van der Waals surface area contributed by atoms with Gasteiger partial charge in [-0.25, -0.2) is 0 Å². The molecule has 0 rings (SSSR count). The van der Waals surface area contributed by atoms with E-state index < -0.39 is 6.40 Å². The van der Waals surface area contributed by atoms with E-state index in [1.807, 2.05) is 6.92 Å². The van der Waals surface area contributed by atoms with Crippen molar-refractivity contribution < 1.29 is 4.11 Å². The number of hydrogen-bond donors (Lipinski definition) is 0. The Morgan fingerprint density at radius 2 is 3.00 bits per heavy atom. The number of hydrogen-bond acceptors (Lipinski definition) is 0. The zero-order valence-electron chi connectivity index (χ0n) is 6.49. The molecule has 0 saturated heterocycles. The van der Waals surface area contributed by atoms with Crippen molar-refractivity contribution in [3.63, 3.8) is 0 Å². The van der Waals surface area contributed by atoms with Crippen LogP contribution in [0, 0.1) is 6.88 Å². The smallest absolute Gasteiger partial charge is 0.0267 e. The first kappa shape index (κ1) is 1.63. The average molecular weight is 77.2 g/mol. The fourth-order valence-corrected chi connectivity index (χ4v) is 0.144. The predicted octanol–water partition coefficient (Wildman–Crippen LogP) is 2.01. The molecule has 31 valence electrons. The molecule has 0 amide bonds. The van der Waals surface area contributed by atoms with Crippen LogP contribution in [0.1, 0.15) is 30.3 Å². The van der Waals surface area contributed by atoms with Crippen molar-refractivity contribution in [1.82, 2.24) is 0 Å². The van der Waals surface area contributed by atoms with Crippen molar-refractivity contribution in [1.29, 1.82) is 0 Å². The van der Waals surface area contributed by atoms with Crippen LogP contribution in [0.25, 0.3) is 0 Å². The van der Waals surface area contributed by atoms with Gasteiger partial charge >= 0.3 is 0 Å². The highest BCUT2D eigenvalue weighted by Crippen LogP contribution is 1.87. The maximum Gasteiger partial charge on any atom is 0.0267 e. The van der Waals surface area contributed by atoms with Crippen molar-refractivity contribution in [2.75, 3.05) is 0 Å². The molecule has 0 nitrogen and oxygen atoms in total. The first-order valence-electron chi connectivity index (χ1n) is 3.48. The summed E-state index contributed by atoms with van der Waals surface area (Å²) in [7, 11) is 0. The van der Waals surface area contributed by atoms with E-state index in [-0.39, 0.29) is 6.88 Å². The lowest BCUT2D eigenvalue weighted by Crippen LogP contribution is -1.59. The zero-order chi connectivity index (χ0) is 6.57. The maximum absolute atomic E-state index is 7.01. The van der Waals surface area contributed by atoms with Crippen LogP contribution in [0.5, 0.6) is 0 Å². The van der Waals surface area contributed by atoms with Gasteiger partial charge in [0.25, 0.3) is 0 Å². The molecule has 1 atom stereocenters. The molecule has 0 N–H and O–H groups in total. The van der Waals surface area contributed by atoms with Crippen molar-refractivity contribution in [2.24, 2.45) is 0 Å². The monoisotopic (exact) mass is 77.1 g/mol. The SMILES string of the molecule is [3H][C]([3H])C([3H])CCC. The van der Waals surface area contributed by atoms with E-state index in [0.717, 1.165) is 6.42 Å². The van der Waals surface area contributed by atoms with Gasteiger partial charge in [0, 0.05) is 4.11 Å². The fourth-order valence-electron chi connectivity index (χ4n) is 0.144. The minimum Gasteiger partial charge on any atom is -0.0654 e. The molecule has 1 radical (unpaired) electrons. The Hall–Kier alpha value is 0. The van der Waals surface area contributed by atoms with Crippen LogP contribution < -0.4 is 0 Å². The lowest BCUT2D eigenvalue weighted by molar-refractivity contribution is 0.813. The maximum atomic E-state index is 7.01. The summed E-state index contributed by atoms with van der Waals surface area (Å²) in [5.74, 6) is 0. The zero-order valence-corrected chi connectivity index (χ0v) is 3.49. The molecule has 0 aromatic carbocycles. The molecule has 0 aromatic heterocycles. The molecule has 0 aliphatic rings. The lowest BCUT2D eigenvalue weighted by atomic mass is 10.3. The molecule has 0 aromatic rings. The van der Waals surface area contributed by atoms with Crippen molar-refractivity contribution in [2.45, 2.75) is 26.2 Å². The Labute approximate surface area is 38.4 Å². The van der Waals surface area contributed by atoms with Gasteiger partial charge in [-0.1, -0.05) is 33.0 Å². The third-order valence-electron chi connectivity index (χ3n) is 0.433. The molecule has 0 fully saturated rings.